The van der Waals surface area contributed by atoms with Crippen LogP contribution in [0.5, 0.6) is 0 Å². The molecule has 0 radical (unpaired) electrons. The third-order valence-electron chi connectivity index (χ3n) is 5.48. The molecule has 0 spiro atoms. The number of anilines is 1. The number of thioether (sulfide) groups is 1. The fourth-order valence-electron chi connectivity index (χ4n) is 3.89. The summed E-state index contributed by atoms with van der Waals surface area (Å²) in [7, 11) is 0. The maximum absolute atomic E-state index is 14.9. The molecule has 4 rings (SSSR count). The monoisotopic (exact) mass is 472 g/mol. The van der Waals surface area contributed by atoms with Gasteiger partial charge in [0.05, 0.1) is 12.2 Å². The molecule has 2 aliphatic heterocycles. The standard InChI is InChI=1S/C20H17F5N4O2S/c21-14-4-3-11(28-17(30)12-2-1-5-27-16(12)22)7-13(14)19-9-31-15(20(23,24)25)6-10(19)8-32-18(26)29-19/h1-5,7,10,15H,6,8-9H2,(H2,26,29)(H,28,30)/t10-,15+,19-/m0/s1. The molecule has 3 N–H and O–H groups in total. The molecule has 3 heterocycles. The van der Waals surface area contributed by atoms with Crippen LogP contribution in [0.1, 0.15) is 22.3 Å². The first-order chi connectivity index (χ1) is 15.1. The minimum absolute atomic E-state index is 0.0594. The Kier molecular flexibility index (Phi) is 5.84. The second-order valence-electron chi connectivity index (χ2n) is 7.45. The molecule has 0 unspecified atom stereocenters. The van der Waals surface area contributed by atoms with Gasteiger partial charge in [-0.1, -0.05) is 11.8 Å². The van der Waals surface area contributed by atoms with Crippen LogP contribution >= 0.6 is 11.8 Å². The van der Waals surface area contributed by atoms with E-state index in [9.17, 15) is 26.7 Å². The highest BCUT2D eigenvalue weighted by Gasteiger charge is 2.55. The fraction of sp³-hybridized carbons (Fsp3) is 0.350. The number of nitrogens with one attached hydrogen (secondary N) is 1. The molecule has 1 aromatic heterocycles. The minimum atomic E-state index is -4.56. The van der Waals surface area contributed by atoms with Gasteiger partial charge in [0.1, 0.15) is 11.4 Å². The van der Waals surface area contributed by atoms with Gasteiger partial charge in [0, 0.05) is 29.1 Å². The quantitative estimate of drug-likeness (QED) is 0.524. The summed E-state index contributed by atoms with van der Waals surface area (Å²) in [5.74, 6) is -3.05. The number of pyridine rings is 1. The highest BCUT2D eigenvalue weighted by Crippen LogP contribution is 2.49. The van der Waals surface area contributed by atoms with Crippen molar-refractivity contribution in [1.82, 2.24) is 4.98 Å². The number of carbonyl (C=O) groups excluding carboxylic acids is 1. The second-order valence-corrected chi connectivity index (χ2v) is 8.49. The lowest BCUT2D eigenvalue weighted by molar-refractivity contribution is -0.245. The van der Waals surface area contributed by atoms with Crippen molar-refractivity contribution in [2.24, 2.45) is 16.6 Å². The number of halogens is 5. The molecule has 32 heavy (non-hydrogen) atoms. The lowest BCUT2D eigenvalue weighted by Crippen LogP contribution is -2.53. The van der Waals surface area contributed by atoms with Crippen LogP contribution in [0.25, 0.3) is 0 Å². The van der Waals surface area contributed by atoms with Crippen molar-refractivity contribution in [3.63, 3.8) is 0 Å². The van der Waals surface area contributed by atoms with Gasteiger partial charge in [-0.3, -0.25) is 4.79 Å². The Bertz CT molecular complexity index is 1080. The van der Waals surface area contributed by atoms with E-state index in [2.05, 4.69) is 15.3 Å². The number of benzene rings is 1. The SMILES string of the molecule is NC1=N[C@@]2(c3cc(NC(=O)c4cccnc4F)ccc3F)CO[C@@H](C(F)(F)F)C[C@H]2CS1. The summed E-state index contributed by atoms with van der Waals surface area (Å²) in [6.07, 6.45) is -5.78. The van der Waals surface area contributed by atoms with Crippen LogP contribution < -0.4 is 11.1 Å². The van der Waals surface area contributed by atoms with Gasteiger partial charge >= 0.3 is 6.18 Å². The molecular weight excluding hydrogens is 455 g/mol. The number of hydrogen-bond donors (Lipinski definition) is 2. The van der Waals surface area contributed by atoms with E-state index in [1.165, 1.54) is 30.5 Å². The number of ether oxygens (including phenoxy) is 1. The Morgan fingerprint density at radius 2 is 2.06 bits per heavy atom. The number of hydrogen-bond acceptors (Lipinski definition) is 6. The molecule has 2 aliphatic rings. The Hall–Kier alpha value is -2.73. The van der Waals surface area contributed by atoms with Crippen molar-refractivity contribution in [2.75, 3.05) is 17.7 Å². The van der Waals surface area contributed by atoms with Crippen molar-refractivity contribution in [1.29, 1.82) is 0 Å². The molecule has 1 aromatic carbocycles. The van der Waals surface area contributed by atoms with Crippen LogP contribution in [-0.2, 0) is 10.3 Å². The van der Waals surface area contributed by atoms with Crippen LogP contribution in [-0.4, -0.2) is 40.7 Å². The van der Waals surface area contributed by atoms with E-state index in [1.807, 2.05) is 0 Å². The third-order valence-corrected chi connectivity index (χ3v) is 6.44. The molecule has 0 saturated carbocycles. The maximum atomic E-state index is 14.9. The summed E-state index contributed by atoms with van der Waals surface area (Å²) in [4.78, 5) is 20.1. The van der Waals surface area contributed by atoms with Gasteiger partial charge in [0.15, 0.2) is 11.3 Å². The van der Waals surface area contributed by atoms with Gasteiger partial charge in [0.2, 0.25) is 5.95 Å². The maximum Gasteiger partial charge on any atom is 0.414 e. The van der Waals surface area contributed by atoms with E-state index in [1.54, 1.807) is 0 Å². The second kappa shape index (κ2) is 8.32. The number of fused-ring (bicyclic) bond motifs is 1. The number of aliphatic imine (C=N–C) groups is 1. The van der Waals surface area contributed by atoms with E-state index in [4.69, 9.17) is 10.5 Å². The highest BCUT2D eigenvalue weighted by atomic mass is 32.2. The summed E-state index contributed by atoms with van der Waals surface area (Å²) in [5, 5.41) is 2.55. The molecule has 1 saturated heterocycles. The smallest absolute Gasteiger partial charge is 0.379 e. The zero-order valence-electron chi connectivity index (χ0n) is 16.3. The molecule has 2 aromatic rings. The van der Waals surface area contributed by atoms with Gasteiger partial charge in [-0.05, 0) is 36.8 Å². The zero-order chi connectivity index (χ0) is 23.1. The largest absolute Gasteiger partial charge is 0.414 e. The van der Waals surface area contributed by atoms with Gasteiger partial charge in [-0.2, -0.15) is 17.6 Å². The van der Waals surface area contributed by atoms with Crippen LogP contribution in [0.3, 0.4) is 0 Å². The van der Waals surface area contributed by atoms with Crippen molar-refractivity contribution in [2.45, 2.75) is 24.2 Å². The summed E-state index contributed by atoms with van der Waals surface area (Å²) in [5.41, 5.74) is 4.08. The lowest BCUT2D eigenvalue weighted by Gasteiger charge is -2.46. The first-order valence-corrected chi connectivity index (χ1v) is 10.5. The van der Waals surface area contributed by atoms with E-state index < -0.39 is 54.4 Å². The first kappa shape index (κ1) is 22.5. The Morgan fingerprint density at radius 1 is 1.28 bits per heavy atom. The van der Waals surface area contributed by atoms with E-state index >= 15 is 0 Å². The summed E-state index contributed by atoms with van der Waals surface area (Å²) in [6.45, 7) is -0.533. The molecule has 0 aliphatic carbocycles. The van der Waals surface area contributed by atoms with E-state index in [0.717, 1.165) is 17.8 Å². The van der Waals surface area contributed by atoms with Crippen LogP contribution in [0, 0.1) is 17.7 Å². The van der Waals surface area contributed by atoms with Crippen LogP contribution in [0.2, 0.25) is 0 Å². The number of carbonyl (C=O) groups is 1. The van der Waals surface area contributed by atoms with Crippen molar-refractivity contribution >= 4 is 28.5 Å². The Morgan fingerprint density at radius 3 is 2.78 bits per heavy atom. The number of alkyl halides is 3. The molecule has 1 amide bonds. The van der Waals surface area contributed by atoms with Gasteiger partial charge in [0.25, 0.3) is 5.91 Å². The van der Waals surface area contributed by atoms with Gasteiger partial charge in [-0.15, -0.1) is 0 Å². The van der Waals surface area contributed by atoms with Gasteiger partial charge < -0.3 is 15.8 Å². The predicted octanol–water partition coefficient (Wildman–Crippen LogP) is 3.84. The molecule has 0 bridgehead atoms. The molecular formula is C20H17F5N4O2S. The Labute approximate surface area is 183 Å². The average molecular weight is 472 g/mol. The molecule has 12 heteroatoms. The average Bonchev–Trinajstić information content (AvgIpc) is 2.74. The lowest BCUT2D eigenvalue weighted by atomic mass is 9.74. The van der Waals surface area contributed by atoms with Crippen molar-refractivity contribution in [3.8, 4) is 0 Å². The van der Waals surface area contributed by atoms with Crippen LogP contribution in [0.4, 0.5) is 27.6 Å². The first-order valence-electron chi connectivity index (χ1n) is 9.48. The highest BCUT2D eigenvalue weighted by molar-refractivity contribution is 8.13. The van der Waals surface area contributed by atoms with Gasteiger partial charge in [-0.25, -0.2) is 14.4 Å². The number of rotatable bonds is 3. The molecule has 170 valence electrons. The minimum Gasteiger partial charge on any atom is -0.379 e. The number of amides is 1. The normalized spacial score (nSPS) is 25.6. The zero-order valence-corrected chi connectivity index (χ0v) is 17.1. The van der Waals surface area contributed by atoms with Crippen molar-refractivity contribution in [3.05, 3.63) is 59.4 Å². The number of aromatic nitrogens is 1. The summed E-state index contributed by atoms with van der Waals surface area (Å²) < 4.78 is 73.5. The topological polar surface area (TPSA) is 89.6 Å². The molecule has 3 atom stereocenters. The fourth-order valence-corrected chi connectivity index (χ4v) is 4.90. The molecule has 6 nitrogen and oxygen atoms in total. The molecule has 1 fully saturated rings. The Balaban J connectivity index is 1.69. The van der Waals surface area contributed by atoms with Crippen LogP contribution in [0.15, 0.2) is 41.5 Å². The summed E-state index contributed by atoms with van der Waals surface area (Å²) in [6, 6.07) is 6.18. The predicted molar refractivity (Wildman–Crippen MR) is 108 cm³/mol. The van der Waals surface area contributed by atoms with E-state index in [-0.39, 0.29) is 27.7 Å². The summed E-state index contributed by atoms with van der Waals surface area (Å²) >= 11 is 1.09. The van der Waals surface area contributed by atoms with E-state index in [0.29, 0.717) is 0 Å². The third kappa shape index (κ3) is 4.16. The van der Waals surface area contributed by atoms with Crippen molar-refractivity contribution < 1.29 is 31.5 Å². The number of amidine groups is 1. The number of nitrogens with zero attached hydrogens (tertiary/aromatic N) is 2. The number of nitrogens with two attached hydrogens (primary N) is 1.